The van der Waals surface area contributed by atoms with Crippen LogP contribution in [0, 0.1) is 0 Å². The summed E-state index contributed by atoms with van der Waals surface area (Å²) in [5.41, 5.74) is 0.361. The molecular weight excluding hydrogens is 403 g/mol. The maximum Gasteiger partial charge on any atom is 0.280 e. The molecule has 7 nitrogen and oxygen atoms in total. The summed E-state index contributed by atoms with van der Waals surface area (Å²) in [5, 5.41) is 14.1. The highest BCUT2D eigenvalue weighted by atomic mass is 35.5. The van der Waals surface area contributed by atoms with Gasteiger partial charge in [-0.1, -0.05) is 23.2 Å². The van der Waals surface area contributed by atoms with Crippen LogP contribution in [0.5, 0.6) is 17.2 Å². The number of nitrogens with zero attached hydrogens (tertiary/aromatic N) is 1. The summed E-state index contributed by atoms with van der Waals surface area (Å²) in [5.74, 6) is 0.210. The van der Waals surface area contributed by atoms with E-state index in [1.165, 1.54) is 45.4 Å². The Morgan fingerprint density at radius 3 is 2.46 bits per heavy atom. The van der Waals surface area contributed by atoms with Gasteiger partial charge in [-0.15, -0.1) is 0 Å². The minimum absolute atomic E-state index is 0.0272. The lowest BCUT2D eigenvalue weighted by Gasteiger charge is -2.11. The average Bonchev–Trinajstić information content (AvgIpc) is 2.62. The molecule has 26 heavy (non-hydrogen) atoms. The molecule has 0 bridgehead atoms. The summed E-state index contributed by atoms with van der Waals surface area (Å²) in [6, 6.07) is 7.12. The lowest BCUT2D eigenvalue weighted by molar-refractivity contribution is 0.392. The molecule has 0 heterocycles. The van der Waals surface area contributed by atoms with E-state index in [4.69, 9.17) is 32.7 Å². The number of sulfonamides is 1. The lowest BCUT2D eigenvalue weighted by Crippen LogP contribution is -2.20. The normalized spacial score (nSPS) is 12.0. The van der Waals surface area contributed by atoms with E-state index in [9.17, 15) is 13.5 Å². The van der Waals surface area contributed by atoms with Gasteiger partial charge in [-0.3, -0.25) is 0 Å². The van der Waals surface area contributed by atoms with Crippen molar-refractivity contribution in [3.63, 3.8) is 0 Å². The van der Waals surface area contributed by atoms with E-state index in [0.717, 1.165) is 0 Å². The summed E-state index contributed by atoms with van der Waals surface area (Å²) in [6.45, 7) is 1.49. The number of rotatable bonds is 6. The molecule has 2 rings (SSSR count). The first kappa shape index (κ1) is 20.2. The first-order valence-corrected chi connectivity index (χ1v) is 9.40. The van der Waals surface area contributed by atoms with Crippen molar-refractivity contribution in [2.24, 2.45) is 5.10 Å². The molecule has 0 saturated heterocycles. The van der Waals surface area contributed by atoms with Crippen LogP contribution < -0.4 is 14.3 Å². The van der Waals surface area contributed by atoms with Gasteiger partial charge in [-0.2, -0.15) is 18.4 Å². The SMILES string of the molecule is COc1ccc(OC)c(S(=O)(=O)N/N=C(\C)c2cc(Cl)cc(Cl)c2O)c1. The van der Waals surface area contributed by atoms with Gasteiger partial charge in [-0.05, 0) is 31.2 Å². The van der Waals surface area contributed by atoms with Gasteiger partial charge >= 0.3 is 0 Å². The van der Waals surface area contributed by atoms with E-state index in [2.05, 4.69) is 9.93 Å². The minimum Gasteiger partial charge on any atom is -0.506 e. The third-order valence-electron chi connectivity index (χ3n) is 3.41. The second-order valence-electron chi connectivity index (χ2n) is 5.09. The number of hydrogen-bond donors (Lipinski definition) is 2. The highest BCUT2D eigenvalue weighted by Crippen LogP contribution is 2.32. The molecule has 0 aliphatic carbocycles. The van der Waals surface area contributed by atoms with Gasteiger partial charge in [-0.25, -0.2) is 0 Å². The van der Waals surface area contributed by atoms with Crippen LogP contribution in [-0.2, 0) is 10.0 Å². The van der Waals surface area contributed by atoms with Crippen molar-refractivity contribution in [3.05, 3.63) is 45.9 Å². The van der Waals surface area contributed by atoms with Crippen LogP contribution in [0.2, 0.25) is 10.0 Å². The first-order chi connectivity index (χ1) is 12.2. The summed E-state index contributed by atoms with van der Waals surface area (Å²) >= 11 is 11.8. The third kappa shape index (κ3) is 4.32. The largest absolute Gasteiger partial charge is 0.506 e. The number of hydrogen-bond acceptors (Lipinski definition) is 6. The Balaban J connectivity index is 2.40. The fourth-order valence-corrected chi connectivity index (χ4v) is 3.61. The summed E-state index contributed by atoms with van der Waals surface area (Å²) in [6.07, 6.45) is 0. The Morgan fingerprint density at radius 1 is 1.15 bits per heavy atom. The molecule has 140 valence electrons. The van der Waals surface area contributed by atoms with Crippen molar-refractivity contribution in [1.82, 2.24) is 4.83 Å². The lowest BCUT2D eigenvalue weighted by atomic mass is 10.1. The second-order valence-corrected chi connectivity index (χ2v) is 7.57. The second kappa shape index (κ2) is 8.03. The zero-order valence-electron chi connectivity index (χ0n) is 14.1. The molecule has 0 saturated carbocycles. The van der Waals surface area contributed by atoms with Crippen LogP contribution in [0.4, 0.5) is 0 Å². The molecule has 0 unspecified atom stereocenters. The number of ether oxygens (including phenoxy) is 2. The van der Waals surface area contributed by atoms with Gasteiger partial charge in [0.05, 0.1) is 25.0 Å². The smallest absolute Gasteiger partial charge is 0.280 e. The average molecular weight is 419 g/mol. The molecule has 0 spiro atoms. The molecule has 0 aliphatic rings. The molecule has 2 N–H and O–H groups in total. The molecule has 0 radical (unpaired) electrons. The van der Waals surface area contributed by atoms with Gasteiger partial charge in [0.15, 0.2) is 0 Å². The highest BCUT2D eigenvalue weighted by Gasteiger charge is 2.21. The Morgan fingerprint density at radius 2 is 1.85 bits per heavy atom. The van der Waals surface area contributed by atoms with Crippen molar-refractivity contribution in [2.75, 3.05) is 14.2 Å². The number of hydrazone groups is 1. The number of benzene rings is 2. The fraction of sp³-hybridized carbons (Fsp3) is 0.188. The number of aromatic hydroxyl groups is 1. The monoisotopic (exact) mass is 418 g/mol. The van der Waals surface area contributed by atoms with Gasteiger partial charge < -0.3 is 14.6 Å². The Hall–Kier alpha value is -2.16. The molecule has 2 aromatic rings. The van der Waals surface area contributed by atoms with Crippen LogP contribution in [0.25, 0.3) is 0 Å². The van der Waals surface area contributed by atoms with Crippen LogP contribution >= 0.6 is 23.2 Å². The van der Waals surface area contributed by atoms with Crippen molar-refractivity contribution < 1.29 is 23.0 Å². The van der Waals surface area contributed by atoms with E-state index in [-0.39, 0.29) is 37.7 Å². The molecule has 0 atom stereocenters. The zero-order chi connectivity index (χ0) is 19.5. The maximum atomic E-state index is 12.6. The van der Waals surface area contributed by atoms with Crippen LogP contribution in [0.15, 0.2) is 40.3 Å². The minimum atomic E-state index is -4.06. The topological polar surface area (TPSA) is 97.2 Å². The van der Waals surface area contributed by atoms with Crippen LogP contribution in [0.1, 0.15) is 12.5 Å². The van der Waals surface area contributed by atoms with Crippen LogP contribution in [-0.4, -0.2) is 33.5 Å². The Bertz CT molecular complexity index is 961. The Kier molecular flexibility index (Phi) is 6.22. The van der Waals surface area contributed by atoms with Crippen molar-refractivity contribution in [1.29, 1.82) is 0 Å². The number of phenols is 1. The molecule has 0 aliphatic heterocycles. The maximum absolute atomic E-state index is 12.6. The van der Waals surface area contributed by atoms with E-state index in [1.807, 2.05) is 0 Å². The Labute approximate surface area is 161 Å². The molecule has 0 aromatic heterocycles. The van der Waals surface area contributed by atoms with Crippen molar-refractivity contribution in [3.8, 4) is 17.2 Å². The van der Waals surface area contributed by atoms with Crippen molar-refractivity contribution >= 4 is 38.9 Å². The highest BCUT2D eigenvalue weighted by molar-refractivity contribution is 7.89. The predicted molar refractivity (Wildman–Crippen MR) is 100 cm³/mol. The molecule has 2 aromatic carbocycles. The fourth-order valence-electron chi connectivity index (χ4n) is 2.07. The van der Waals surface area contributed by atoms with Crippen LogP contribution in [0.3, 0.4) is 0 Å². The number of phenolic OH excluding ortho intramolecular Hbond substituents is 1. The van der Waals surface area contributed by atoms with E-state index < -0.39 is 10.0 Å². The third-order valence-corrected chi connectivity index (χ3v) is 5.15. The van der Waals surface area contributed by atoms with Crippen molar-refractivity contribution in [2.45, 2.75) is 11.8 Å². The molecule has 0 fully saturated rings. The summed E-state index contributed by atoms with van der Waals surface area (Å²) < 4.78 is 35.2. The van der Waals surface area contributed by atoms with Gasteiger partial charge in [0.1, 0.15) is 22.1 Å². The van der Waals surface area contributed by atoms with Gasteiger partial charge in [0, 0.05) is 16.7 Å². The van der Waals surface area contributed by atoms with E-state index >= 15 is 0 Å². The number of nitrogens with one attached hydrogen (secondary N) is 1. The zero-order valence-corrected chi connectivity index (χ0v) is 16.4. The molecule has 10 heteroatoms. The standard InChI is InChI=1S/C16H16Cl2N2O5S/c1-9(12-6-10(17)7-13(18)16(12)21)19-20-26(22,23)15-8-11(24-2)4-5-14(15)25-3/h4-8,20-21H,1-3H3/b19-9+. The number of halogens is 2. The van der Waals surface area contributed by atoms with Gasteiger partial charge in [0.25, 0.3) is 10.0 Å². The number of methoxy groups -OCH3 is 2. The summed E-state index contributed by atoms with van der Waals surface area (Å²) in [4.78, 5) is 1.94. The quantitative estimate of drug-likeness (QED) is 0.553. The van der Waals surface area contributed by atoms with E-state index in [0.29, 0.717) is 5.75 Å². The van der Waals surface area contributed by atoms with E-state index in [1.54, 1.807) is 6.07 Å². The molecular formula is C16H16Cl2N2O5S. The predicted octanol–water partition coefficient (Wildman–Crippen LogP) is 3.42. The first-order valence-electron chi connectivity index (χ1n) is 7.16. The summed E-state index contributed by atoms with van der Waals surface area (Å²) in [7, 11) is -1.30. The molecule has 0 amide bonds. The van der Waals surface area contributed by atoms with Gasteiger partial charge in [0.2, 0.25) is 0 Å².